The zero-order chi connectivity index (χ0) is 20.6. The first-order chi connectivity index (χ1) is 13.3. The van der Waals surface area contributed by atoms with Crippen LogP contribution in [0.5, 0.6) is 11.5 Å². The highest BCUT2D eigenvalue weighted by atomic mass is 127. The molecular weight excluding hydrogens is 493 g/mol. The van der Waals surface area contributed by atoms with E-state index in [1.54, 1.807) is 18.2 Å². The van der Waals surface area contributed by atoms with Crippen molar-refractivity contribution in [3.63, 3.8) is 0 Å². The molecule has 0 aliphatic carbocycles. The van der Waals surface area contributed by atoms with Crippen LogP contribution in [-0.4, -0.2) is 27.2 Å². The minimum absolute atomic E-state index is 0.0488. The van der Waals surface area contributed by atoms with Crippen LogP contribution < -0.4 is 14.2 Å². The normalized spacial score (nSPS) is 11.4. The number of ether oxygens (including phenoxy) is 1. The number of hydrogen-bond donors (Lipinski definition) is 1. The lowest BCUT2D eigenvalue weighted by molar-refractivity contribution is -0.111. The molecule has 150 valence electrons. The Morgan fingerprint density at radius 1 is 1.18 bits per heavy atom. The number of hydrogen-bond acceptors (Lipinski definition) is 5. The minimum Gasteiger partial charge on any atom is -0.493 e. The van der Waals surface area contributed by atoms with Gasteiger partial charge in [0.25, 0.3) is 0 Å². The number of para-hydroxylation sites is 1. The number of amides is 1. The average Bonchev–Trinajstić information content (AvgIpc) is 2.67. The maximum Gasteiger partial charge on any atom is 0.309 e. The Bertz CT molecular complexity index is 957. The predicted octanol–water partition coefficient (Wildman–Crippen LogP) is 4.46. The third-order valence-corrected chi connectivity index (χ3v) is 5.87. The first kappa shape index (κ1) is 22.2. The summed E-state index contributed by atoms with van der Waals surface area (Å²) < 4.78 is 35.3. The molecule has 0 aliphatic rings. The van der Waals surface area contributed by atoms with Crippen LogP contribution in [-0.2, 0) is 14.9 Å². The first-order valence-electron chi connectivity index (χ1n) is 8.68. The average molecular weight is 515 g/mol. The summed E-state index contributed by atoms with van der Waals surface area (Å²) in [6, 6.07) is 12.2. The number of methoxy groups -OCH3 is 1. The molecule has 2 aromatic rings. The molecule has 1 N–H and O–H groups in total. The first-order valence-corrected chi connectivity index (χ1v) is 11.3. The standard InChI is InChI=1S/C20H22INO5S/c1-3-4-13-28(24,25)27-18-11-9-15(14-19(18)26-2)10-12-20(23)22-17-8-6-5-7-16(17)21/h5-12,14H,3-4,13H2,1-2H3,(H,22,23)/b12-10+. The molecule has 6 nitrogen and oxygen atoms in total. The van der Waals surface area contributed by atoms with Crippen molar-refractivity contribution in [1.29, 1.82) is 0 Å². The van der Waals surface area contributed by atoms with Gasteiger partial charge in [-0.1, -0.05) is 31.5 Å². The van der Waals surface area contributed by atoms with Gasteiger partial charge in [-0.05, 0) is 64.9 Å². The van der Waals surface area contributed by atoms with Crippen molar-refractivity contribution < 1.29 is 22.1 Å². The Labute approximate surface area is 179 Å². The molecule has 2 aromatic carbocycles. The highest BCUT2D eigenvalue weighted by molar-refractivity contribution is 14.1. The number of benzene rings is 2. The smallest absolute Gasteiger partial charge is 0.309 e. The molecular formula is C20H22INO5S. The van der Waals surface area contributed by atoms with Crippen molar-refractivity contribution >= 4 is 50.4 Å². The maximum absolute atomic E-state index is 12.1. The topological polar surface area (TPSA) is 81.7 Å². The van der Waals surface area contributed by atoms with Crippen LogP contribution >= 0.6 is 22.6 Å². The van der Waals surface area contributed by atoms with E-state index >= 15 is 0 Å². The van der Waals surface area contributed by atoms with Gasteiger partial charge in [0.15, 0.2) is 11.5 Å². The maximum atomic E-state index is 12.1. The molecule has 28 heavy (non-hydrogen) atoms. The van der Waals surface area contributed by atoms with E-state index in [4.69, 9.17) is 8.92 Å². The van der Waals surface area contributed by atoms with Gasteiger partial charge in [0.1, 0.15) is 0 Å². The van der Waals surface area contributed by atoms with Crippen molar-refractivity contribution in [3.8, 4) is 11.5 Å². The molecule has 0 aromatic heterocycles. The third kappa shape index (κ3) is 6.83. The number of unbranched alkanes of at least 4 members (excludes halogenated alkanes) is 1. The molecule has 0 fully saturated rings. The predicted molar refractivity (Wildman–Crippen MR) is 119 cm³/mol. The number of anilines is 1. The Kier molecular flexibility index (Phi) is 8.31. The van der Waals surface area contributed by atoms with Gasteiger partial charge in [-0.15, -0.1) is 0 Å². The Morgan fingerprint density at radius 3 is 2.61 bits per heavy atom. The van der Waals surface area contributed by atoms with Gasteiger partial charge in [-0.2, -0.15) is 8.42 Å². The van der Waals surface area contributed by atoms with Crippen LogP contribution in [0.25, 0.3) is 6.08 Å². The van der Waals surface area contributed by atoms with E-state index in [-0.39, 0.29) is 23.2 Å². The van der Waals surface area contributed by atoms with Crippen molar-refractivity contribution in [2.45, 2.75) is 19.8 Å². The summed E-state index contributed by atoms with van der Waals surface area (Å²) >= 11 is 2.15. The van der Waals surface area contributed by atoms with E-state index in [1.807, 2.05) is 31.2 Å². The van der Waals surface area contributed by atoms with Gasteiger partial charge in [0, 0.05) is 9.65 Å². The van der Waals surface area contributed by atoms with Crippen molar-refractivity contribution in [3.05, 3.63) is 57.7 Å². The summed E-state index contributed by atoms with van der Waals surface area (Å²) in [6.45, 7) is 1.91. The largest absolute Gasteiger partial charge is 0.493 e. The van der Waals surface area contributed by atoms with Crippen LogP contribution in [0.1, 0.15) is 25.3 Å². The number of rotatable bonds is 9. The van der Waals surface area contributed by atoms with E-state index in [2.05, 4.69) is 27.9 Å². The number of halogens is 1. The summed E-state index contributed by atoms with van der Waals surface area (Å²) in [5, 5.41) is 2.80. The lowest BCUT2D eigenvalue weighted by Gasteiger charge is -2.11. The van der Waals surface area contributed by atoms with Gasteiger partial charge < -0.3 is 14.2 Å². The second-order valence-corrected chi connectivity index (χ2v) is 8.76. The Balaban J connectivity index is 2.09. The fraction of sp³-hybridized carbons (Fsp3) is 0.250. The highest BCUT2D eigenvalue weighted by Gasteiger charge is 2.15. The number of nitrogens with one attached hydrogen (secondary N) is 1. The van der Waals surface area contributed by atoms with Gasteiger partial charge in [0.05, 0.1) is 18.6 Å². The summed E-state index contributed by atoms with van der Waals surface area (Å²) in [5.41, 5.74) is 1.41. The quantitative estimate of drug-likeness (QED) is 0.303. The van der Waals surface area contributed by atoms with Crippen LogP contribution in [0, 0.1) is 3.57 Å². The molecule has 0 radical (unpaired) electrons. The molecule has 1 amide bonds. The molecule has 2 rings (SSSR count). The molecule has 0 heterocycles. The van der Waals surface area contributed by atoms with Crippen LogP contribution in [0.3, 0.4) is 0 Å². The fourth-order valence-corrected chi connectivity index (χ4v) is 3.92. The molecule has 0 atom stereocenters. The highest BCUT2D eigenvalue weighted by Crippen LogP contribution is 2.30. The lowest BCUT2D eigenvalue weighted by Crippen LogP contribution is -2.14. The molecule has 8 heteroatoms. The number of carbonyl (C=O) groups is 1. The molecule has 0 unspecified atom stereocenters. The van der Waals surface area contributed by atoms with Crippen molar-refractivity contribution in [2.24, 2.45) is 0 Å². The van der Waals surface area contributed by atoms with Crippen LogP contribution in [0.4, 0.5) is 5.69 Å². The summed E-state index contributed by atoms with van der Waals surface area (Å²) in [5.74, 6) is 0.0806. The van der Waals surface area contributed by atoms with E-state index in [0.717, 1.165) is 15.7 Å². The van der Waals surface area contributed by atoms with E-state index in [1.165, 1.54) is 19.3 Å². The molecule has 0 saturated heterocycles. The monoisotopic (exact) mass is 515 g/mol. The lowest BCUT2D eigenvalue weighted by atomic mass is 10.2. The van der Waals surface area contributed by atoms with Crippen LogP contribution in [0.2, 0.25) is 0 Å². The zero-order valence-corrected chi connectivity index (χ0v) is 18.6. The van der Waals surface area contributed by atoms with Crippen molar-refractivity contribution in [2.75, 3.05) is 18.2 Å². The fourth-order valence-electron chi connectivity index (χ4n) is 2.27. The minimum atomic E-state index is -3.67. The summed E-state index contributed by atoms with van der Waals surface area (Å²) in [4.78, 5) is 12.1. The van der Waals surface area contributed by atoms with Gasteiger partial charge in [-0.25, -0.2) is 0 Å². The second kappa shape index (κ2) is 10.5. The van der Waals surface area contributed by atoms with Gasteiger partial charge in [0.2, 0.25) is 5.91 Å². The molecule has 0 saturated carbocycles. The van der Waals surface area contributed by atoms with Crippen molar-refractivity contribution in [1.82, 2.24) is 0 Å². The van der Waals surface area contributed by atoms with Crippen LogP contribution in [0.15, 0.2) is 48.5 Å². The molecule has 0 spiro atoms. The van der Waals surface area contributed by atoms with Gasteiger partial charge in [-0.3, -0.25) is 4.79 Å². The third-order valence-electron chi connectivity index (χ3n) is 3.71. The zero-order valence-electron chi connectivity index (χ0n) is 15.6. The SMILES string of the molecule is CCCCS(=O)(=O)Oc1ccc(/C=C/C(=O)Nc2ccccc2I)cc1OC. The summed E-state index contributed by atoms with van der Waals surface area (Å²) in [6.07, 6.45) is 4.30. The molecule has 0 aliphatic heterocycles. The van der Waals surface area contributed by atoms with E-state index in [0.29, 0.717) is 12.0 Å². The van der Waals surface area contributed by atoms with E-state index in [9.17, 15) is 13.2 Å². The second-order valence-electron chi connectivity index (χ2n) is 5.91. The Morgan fingerprint density at radius 2 is 1.93 bits per heavy atom. The Hall–Kier alpha value is -2.07. The van der Waals surface area contributed by atoms with Gasteiger partial charge >= 0.3 is 10.1 Å². The number of carbonyl (C=O) groups excluding carboxylic acids is 1. The molecule has 0 bridgehead atoms. The van der Waals surface area contributed by atoms with E-state index < -0.39 is 10.1 Å². The summed E-state index contributed by atoms with van der Waals surface area (Å²) in [7, 11) is -2.24.